The summed E-state index contributed by atoms with van der Waals surface area (Å²) in [5.41, 5.74) is 2.66. The van der Waals surface area contributed by atoms with Gasteiger partial charge < -0.3 is 5.11 Å². The summed E-state index contributed by atoms with van der Waals surface area (Å²) in [7, 11) is -3.88. The average Bonchev–Trinajstić information content (AvgIpc) is 3.24. The number of nitrogens with one attached hydrogen (secondary N) is 1. The molecule has 4 aromatic rings. The summed E-state index contributed by atoms with van der Waals surface area (Å²) in [6, 6.07) is 19.3. The van der Waals surface area contributed by atoms with E-state index in [9.17, 15) is 13.2 Å². The molecule has 2 N–H and O–H groups in total. The highest BCUT2D eigenvalue weighted by Crippen LogP contribution is 2.33. The summed E-state index contributed by atoms with van der Waals surface area (Å²) >= 11 is 7.70. The SMILES string of the molecule is O=C(O)c1ccc(S(=O)(=O)Nc2cccc(-c3csc(-c4ccccc4Cl)n3)c2)cc1. The molecule has 0 unspecified atom stereocenters. The number of hydrogen-bond acceptors (Lipinski definition) is 5. The Bertz CT molecular complexity index is 1370. The van der Waals surface area contributed by atoms with E-state index in [1.54, 1.807) is 24.3 Å². The minimum atomic E-state index is -3.88. The highest BCUT2D eigenvalue weighted by molar-refractivity contribution is 7.92. The lowest BCUT2D eigenvalue weighted by Crippen LogP contribution is -2.13. The molecular formula is C22H15ClN2O4S2. The van der Waals surface area contributed by atoms with Crippen molar-refractivity contribution in [3.05, 3.63) is 88.8 Å². The minimum Gasteiger partial charge on any atom is -0.478 e. The Morgan fingerprint density at radius 3 is 2.45 bits per heavy atom. The second-order valence-corrected chi connectivity index (χ2v) is 9.48. The Morgan fingerprint density at radius 1 is 1.00 bits per heavy atom. The summed E-state index contributed by atoms with van der Waals surface area (Å²) in [5.74, 6) is -1.12. The number of benzene rings is 3. The number of hydrogen-bond donors (Lipinski definition) is 2. The second kappa shape index (κ2) is 8.50. The van der Waals surface area contributed by atoms with Crippen LogP contribution in [0.15, 0.2) is 83.1 Å². The molecule has 0 bridgehead atoms. The molecule has 0 aliphatic heterocycles. The molecule has 156 valence electrons. The van der Waals surface area contributed by atoms with Crippen LogP contribution in [-0.4, -0.2) is 24.5 Å². The zero-order chi connectivity index (χ0) is 22.0. The van der Waals surface area contributed by atoms with Gasteiger partial charge in [0.15, 0.2) is 0 Å². The lowest BCUT2D eigenvalue weighted by atomic mass is 10.1. The maximum absolute atomic E-state index is 12.7. The molecule has 0 radical (unpaired) electrons. The van der Waals surface area contributed by atoms with E-state index in [0.717, 1.165) is 16.1 Å². The molecule has 6 nitrogen and oxygen atoms in total. The van der Waals surface area contributed by atoms with Crippen molar-refractivity contribution in [3.63, 3.8) is 0 Å². The maximum atomic E-state index is 12.7. The molecule has 31 heavy (non-hydrogen) atoms. The summed E-state index contributed by atoms with van der Waals surface area (Å²) in [6.45, 7) is 0. The van der Waals surface area contributed by atoms with Crippen molar-refractivity contribution in [1.29, 1.82) is 0 Å². The number of thiazole rings is 1. The quantitative estimate of drug-likeness (QED) is 0.380. The molecular weight excluding hydrogens is 456 g/mol. The normalized spacial score (nSPS) is 11.3. The van der Waals surface area contributed by atoms with Gasteiger partial charge in [-0.2, -0.15) is 0 Å². The first-order valence-electron chi connectivity index (χ1n) is 9.00. The Labute approximate surface area is 187 Å². The van der Waals surface area contributed by atoms with Gasteiger partial charge in [0.05, 0.1) is 21.2 Å². The number of nitrogens with zero attached hydrogens (tertiary/aromatic N) is 1. The van der Waals surface area contributed by atoms with Gasteiger partial charge in [-0.15, -0.1) is 11.3 Å². The minimum absolute atomic E-state index is 0.0128. The highest BCUT2D eigenvalue weighted by atomic mass is 35.5. The third-order valence-corrected chi connectivity index (χ3v) is 7.03. The van der Waals surface area contributed by atoms with Crippen LogP contribution in [0.5, 0.6) is 0 Å². The van der Waals surface area contributed by atoms with Gasteiger partial charge in [-0.05, 0) is 42.5 Å². The van der Waals surface area contributed by atoms with Gasteiger partial charge in [0.2, 0.25) is 0 Å². The van der Waals surface area contributed by atoms with Gasteiger partial charge in [0.25, 0.3) is 10.0 Å². The molecule has 0 saturated carbocycles. The molecule has 9 heteroatoms. The molecule has 0 amide bonds. The van der Waals surface area contributed by atoms with Crippen molar-refractivity contribution in [2.75, 3.05) is 4.72 Å². The van der Waals surface area contributed by atoms with E-state index in [1.165, 1.54) is 35.6 Å². The van der Waals surface area contributed by atoms with Crippen LogP contribution in [0.2, 0.25) is 5.02 Å². The topological polar surface area (TPSA) is 96.4 Å². The molecule has 0 atom stereocenters. The van der Waals surface area contributed by atoms with E-state index in [1.807, 2.05) is 29.6 Å². The van der Waals surface area contributed by atoms with Gasteiger partial charge in [0, 0.05) is 22.2 Å². The number of anilines is 1. The first kappa shape index (κ1) is 21.0. The Hall–Kier alpha value is -3.20. The fraction of sp³-hybridized carbons (Fsp3) is 0. The molecule has 0 aliphatic carbocycles. The number of carboxylic acids is 1. The Balaban J connectivity index is 1.59. The third kappa shape index (κ3) is 4.61. The fourth-order valence-corrected chi connectivity index (χ4v) is 5.10. The van der Waals surface area contributed by atoms with Gasteiger partial charge in [-0.3, -0.25) is 4.72 Å². The molecule has 0 aliphatic rings. The lowest BCUT2D eigenvalue weighted by molar-refractivity contribution is 0.0696. The van der Waals surface area contributed by atoms with Crippen LogP contribution in [0, 0.1) is 0 Å². The van der Waals surface area contributed by atoms with Crippen LogP contribution < -0.4 is 4.72 Å². The van der Waals surface area contributed by atoms with Crippen molar-refractivity contribution < 1.29 is 18.3 Å². The van der Waals surface area contributed by atoms with Crippen molar-refractivity contribution in [2.45, 2.75) is 4.90 Å². The van der Waals surface area contributed by atoms with E-state index in [2.05, 4.69) is 9.71 Å². The van der Waals surface area contributed by atoms with Gasteiger partial charge >= 0.3 is 5.97 Å². The number of carbonyl (C=O) groups is 1. The molecule has 0 spiro atoms. The van der Waals surface area contributed by atoms with Gasteiger partial charge in [-0.1, -0.05) is 41.9 Å². The molecule has 0 fully saturated rings. The average molecular weight is 471 g/mol. The van der Waals surface area contributed by atoms with Crippen LogP contribution in [0.25, 0.3) is 21.8 Å². The number of carboxylic acid groups (broad SMARTS) is 1. The van der Waals surface area contributed by atoms with E-state index < -0.39 is 16.0 Å². The number of halogens is 1. The van der Waals surface area contributed by atoms with E-state index in [0.29, 0.717) is 16.4 Å². The van der Waals surface area contributed by atoms with Crippen molar-refractivity contribution in [1.82, 2.24) is 4.98 Å². The zero-order valence-corrected chi connectivity index (χ0v) is 18.2. The highest BCUT2D eigenvalue weighted by Gasteiger charge is 2.16. The van der Waals surface area contributed by atoms with E-state index >= 15 is 0 Å². The number of sulfonamides is 1. The van der Waals surface area contributed by atoms with Crippen LogP contribution in [0.1, 0.15) is 10.4 Å². The van der Waals surface area contributed by atoms with Gasteiger partial charge in [-0.25, -0.2) is 18.2 Å². The summed E-state index contributed by atoms with van der Waals surface area (Å²) < 4.78 is 27.9. The first-order chi connectivity index (χ1) is 14.8. The number of aromatic carboxylic acids is 1. The van der Waals surface area contributed by atoms with Crippen molar-refractivity contribution >= 4 is 44.6 Å². The summed E-state index contributed by atoms with van der Waals surface area (Å²) in [6.07, 6.45) is 0. The first-order valence-corrected chi connectivity index (χ1v) is 11.7. The zero-order valence-electron chi connectivity index (χ0n) is 15.8. The molecule has 0 saturated heterocycles. The van der Waals surface area contributed by atoms with Crippen molar-refractivity contribution in [3.8, 4) is 21.8 Å². The number of aromatic nitrogens is 1. The second-order valence-electron chi connectivity index (χ2n) is 6.53. The third-order valence-electron chi connectivity index (χ3n) is 4.43. The maximum Gasteiger partial charge on any atom is 0.335 e. The van der Waals surface area contributed by atoms with Crippen LogP contribution in [0.3, 0.4) is 0 Å². The summed E-state index contributed by atoms with van der Waals surface area (Å²) in [4.78, 5) is 15.6. The van der Waals surface area contributed by atoms with E-state index in [4.69, 9.17) is 16.7 Å². The predicted octanol–water partition coefficient (Wildman–Crippen LogP) is 5.63. The number of rotatable bonds is 6. The smallest absolute Gasteiger partial charge is 0.335 e. The Kier molecular flexibility index (Phi) is 5.77. The molecule has 1 heterocycles. The molecule has 4 rings (SSSR count). The fourth-order valence-electron chi connectivity index (χ4n) is 2.90. The van der Waals surface area contributed by atoms with Crippen LogP contribution in [0.4, 0.5) is 5.69 Å². The van der Waals surface area contributed by atoms with Crippen LogP contribution in [-0.2, 0) is 10.0 Å². The molecule has 3 aromatic carbocycles. The van der Waals surface area contributed by atoms with Crippen molar-refractivity contribution in [2.24, 2.45) is 0 Å². The van der Waals surface area contributed by atoms with Crippen LogP contribution >= 0.6 is 22.9 Å². The predicted molar refractivity (Wildman–Crippen MR) is 122 cm³/mol. The monoisotopic (exact) mass is 470 g/mol. The van der Waals surface area contributed by atoms with E-state index in [-0.39, 0.29) is 10.5 Å². The largest absolute Gasteiger partial charge is 0.478 e. The summed E-state index contributed by atoms with van der Waals surface area (Å²) in [5, 5.41) is 12.2. The lowest BCUT2D eigenvalue weighted by Gasteiger charge is -2.09. The van der Waals surface area contributed by atoms with Gasteiger partial charge in [0.1, 0.15) is 5.01 Å². The molecule has 1 aromatic heterocycles. The standard InChI is InChI=1S/C22H15ClN2O4S2/c23-19-7-2-1-6-18(19)21-24-20(13-30-21)15-4-3-5-16(12-15)25-31(28,29)17-10-8-14(9-11-17)22(26)27/h1-13,25H,(H,26,27). The Morgan fingerprint density at radius 2 is 1.74 bits per heavy atom.